The molecule has 0 aromatic heterocycles. The van der Waals surface area contributed by atoms with Gasteiger partial charge in [-0.2, -0.15) is 0 Å². The highest BCUT2D eigenvalue weighted by atomic mass is 16.7. The van der Waals surface area contributed by atoms with Crippen LogP contribution in [-0.4, -0.2) is 76.8 Å². The summed E-state index contributed by atoms with van der Waals surface area (Å²) in [4.78, 5) is 22.2. The van der Waals surface area contributed by atoms with E-state index in [4.69, 9.17) is 14.6 Å². The summed E-state index contributed by atoms with van der Waals surface area (Å²) < 4.78 is 13.7. The first kappa shape index (κ1) is 16.5. The number of aliphatic hydroxyl groups excluding tert-OH is 4. The fourth-order valence-electron chi connectivity index (χ4n) is 1.58. The van der Waals surface area contributed by atoms with Crippen LogP contribution in [0.15, 0.2) is 12.2 Å². The molecule has 0 spiro atoms. The van der Waals surface area contributed by atoms with Gasteiger partial charge in [0.1, 0.15) is 18.3 Å². The van der Waals surface area contributed by atoms with Crippen LogP contribution in [0.25, 0.3) is 0 Å². The van der Waals surface area contributed by atoms with Crippen LogP contribution in [0, 0.1) is 0 Å². The Bertz CT molecular complexity index is 380. The van der Waals surface area contributed by atoms with E-state index in [9.17, 15) is 24.9 Å². The van der Waals surface area contributed by atoms with Crippen molar-refractivity contribution in [3.05, 3.63) is 12.2 Å². The number of carbonyl (C=O) groups excluding carboxylic acids is 2. The monoisotopic (exact) mass is 292 g/mol. The second-order valence-electron chi connectivity index (χ2n) is 3.99. The molecule has 1 fully saturated rings. The summed E-state index contributed by atoms with van der Waals surface area (Å²) >= 11 is 0. The fourth-order valence-corrected chi connectivity index (χ4v) is 1.58. The average molecular weight is 292 g/mol. The molecule has 0 amide bonds. The molecule has 0 bridgehead atoms. The molecule has 0 radical (unpaired) electrons. The normalized spacial score (nSPS) is 34.0. The van der Waals surface area contributed by atoms with E-state index in [1.165, 1.54) is 0 Å². The number of hydrogen-bond donors (Lipinski definition) is 4. The molecule has 0 aliphatic carbocycles. The lowest BCUT2D eigenvalue weighted by Crippen LogP contribution is -2.59. The highest BCUT2D eigenvalue weighted by Crippen LogP contribution is 2.22. The maximum atomic E-state index is 11.4. The van der Waals surface area contributed by atoms with Gasteiger partial charge in [0.05, 0.1) is 13.7 Å². The number of esters is 2. The number of carbonyl (C=O) groups is 2. The summed E-state index contributed by atoms with van der Waals surface area (Å²) in [6.45, 7) is -0.642. The maximum absolute atomic E-state index is 11.4. The summed E-state index contributed by atoms with van der Waals surface area (Å²) in [6, 6.07) is 0. The van der Waals surface area contributed by atoms with Gasteiger partial charge in [-0.25, -0.2) is 9.59 Å². The van der Waals surface area contributed by atoms with E-state index < -0.39 is 49.3 Å². The lowest BCUT2D eigenvalue weighted by atomic mass is 9.99. The Morgan fingerprint density at radius 2 is 1.75 bits per heavy atom. The van der Waals surface area contributed by atoms with Crippen LogP contribution < -0.4 is 0 Å². The first-order valence-electron chi connectivity index (χ1n) is 5.67. The van der Waals surface area contributed by atoms with Gasteiger partial charge in [-0.3, -0.25) is 0 Å². The Labute approximate surface area is 114 Å². The molecule has 5 unspecified atom stereocenters. The van der Waals surface area contributed by atoms with Crippen molar-refractivity contribution in [1.82, 2.24) is 0 Å². The van der Waals surface area contributed by atoms with Gasteiger partial charge in [0.15, 0.2) is 12.4 Å². The third-order valence-corrected chi connectivity index (χ3v) is 2.65. The fraction of sp³-hybridized carbons (Fsp3) is 0.636. The Morgan fingerprint density at radius 1 is 1.15 bits per heavy atom. The molecule has 1 saturated heterocycles. The Balaban J connectivity index is 2.70. The summed E-state index contributed by atoms with van der Waals surface area (Å²) in [7, 11) is 1.12. The number of methoxy groups -OCH3 is 1. The Morgan fingerprint density at radius 3 is 2.30 bits per heavy atom. The molecule has 9 nitrogen and oxygen atoms in total. The molecule has 114 valence electrons. The summed E-state index contributed by atoms with van der Waals surface area (Å²) in [5, 5.41) is 37.6. The minimum absolute atomic E-state index is 0.642. The van der Waals surface area contributed by atoms with Crippen LogP contribution in [0.5, 0.6) is 0 Å². The number of hydrogen-bond acceptors (Lipinski definition) is 9. The van der Waals surface area contributed by atoms with E-state index in [1.807, 2.05) is 0 Å². The molecular formula is C11H16O9. The summed E-state index contributed by atoms with van der Waals surface area (Å²) in [6.07, 6.45) is -6.14. The van der Waals surface area contributed by atoms with E-state index in [-0.39, 0.29) is 0 Å². The van der Waals surface area contributed by atoms with Crippen molar-refractivity contribution in [3.8, 4) is 0 Å². The first-order chi connectivity index (χ1) is 9.40. The van der Waals surface area contributed by atoms with Crippen molar-refractivity contribution in [2.45, 2.75) is 30.7 Å². The zero-order valence-corrected chi connectivity index (χ0v) is 10.6. The molecule has 1 heterocycles. The van der Waals surface area contributed by atoms with E-state index in [2.05, 4.69) is 4.74 Å². The third kappa shape index (κ3) is 3.99. The van der Waals surface area contributed by atoms with Crippen molar-refractivity contribution in [1.29, 1.82) is 0 Å². The van der Waals surface area contributed by atoms with Crippen molar-refractivity contribution in [2.75, 3.05) is 13.7 Å². The molecule has 20 heavy (non-hydrogen) atoms. The average Bonchev–Trinajstić information content (AvgIpc) is 2.44. The molecule has 5 atom stereocenters. The standard InChI is InChI=1S/C11H16O9/c1-18-6(13)2-3-7(14)20-10-8(15)5(4-12)19-11(17)9(10)16/h2-3,5,8-12,15-17H,4H2,1H3/b3-2+. The van der Waals surface area contributed by atoms with Crippen LogP contribution in [0.4, 0.5) is 0 Å². The highest BCUT2D eigenvalue weighted by Gasteiger charge is 2.45. The Kier molecular flexibility index (Phi) is 6.05. The first-order valence-corrected chi connectivity index (χ1v) is 5.67. The topological polar surface area (TPSA) is 143 Å². The smallest absolute Gasteiger partial charge is 0.331 e. The molecule has 0 aromatic rings. The van der Waals surface area contributed by atoms with Crippen LogP contribution >= 0.6 is 0 Å². The number of rotatable bonds is 4. The second-order valence-corrected chi connectivity index (χ2v) is 3.99. The molecule has 1 aliphatic rings. The molecule has 0 saturated carbocycles. The van der Waals surface area contributed by atoms with E-state index in [1.54, 1.807) is 0 Å². The van der Waals surface area contributed by atoms with Gasteiger partial charge in [0.25, 0.3) is 0 Å². The number of aliphatic hydroxyl groups is 4. The largest absolute Gasteiger partial charge is 0.466 e. The lowest BCUT2D eigenvalue weighted by Gasteiger charge is -2.39. The third-order valence-electron chi connectivity index (χ3n) is 2.65. The quantitative estimate of drug-likeness (QED) is 0.316. The van der Waals surface area contributed by atoms with Gasteiger partial charge in [0, 0.05) is 12.2 Å². The predicted molar refractivity (Wildman–Crippen MR) is 61.0 cm³/mol. The van der Waals surface area contributed by atoms with Gasteiger partial charge >= 0.3 is 11.9 Å². The van der Waals surface area contributed by atoms with Crippen molar-refractivity contribution >= 4 is 11.9 Å². The van der Waals surface area contributed by atoms with Gasteiger partial charge in [-0.1, -0.05) is 0 Å². The minimum Gasteiger partial charge on any atom is -0.466 e. The zero-order valence-electron chi connectivity index (χ0n) is 10.6. The summed E-state index contributed by atoms with van der Waals surface area (Å²) in [5.74, 6) is -1.83. The van der Waals surface area contributed by atoms with Gasteiger partial charge in [-0.05, 0) is 0 Å². The molecule has 9 heteroatoms. The zero-order chi connectivity index (χ0) is 15.3. The van der Waals surface area contributed by atoms with E-state index in [0.717, 1.165) is 19.3 Å². The molecule has 1 rings (SSSR count). The minimum atomic E-state index is -1.72. The van der Waals surface area contributed by atoms with Crippen molar-refractivity contribution < 1.29 is 44.2 Å². The predicted octanol–water partition coefficient (Wildman–Crippen LogP) is -2.94. The van der Waals surface area contributed by atoms with E-state index >= 15 is 0 Å². The number of ether oxygens (including phenoxy) is 3. The van der Waals surface area contributed by atoms with Crippen LogP contribution in [0.1, 0.15) is 0 Å². The van der Waals surface area contributed by atoms with Gasteiger partial charge in [-0.15, -0.1) is 0 Å². The lowest BCUT2D eigenvalue weighted by molar-refractivity contribution is -0.289. The van der Waals surface area contributed by atoms with Crippen LogP contribution in [-0.2, 0) is 23.8 Å². The van der Waals surface area contributed by atoms with Crippen LogP contribution in [0.3, 0.4) is 0 Å². The molecule has 4 N–H and O–H groups in total. The van der Waals surface area contributed by atoms with Crippen molar-refractivity contribution in [2.24, 2.45) is 0 Å². The van der Waals surface area contributed by atoms with Crippen molar-refractivity contribution in [3.63, 3.8) is 0 Å². The molecular weight excluding hydrogens is 276 g/mol. The molecule has 1 aliphatic heterocycles. The SMILES string of the molecule is COC(=O)/C=C/C(=O)OC1C(O)C(O)OC(CO)C1O. The van der Waals surface area contributed by atoms with E-state index in [0.29, 0.717) is 0 Å². The van der Waals surface area contributed by atoms with Crippen LogP contribution in [0.2, 0.25) is 0 Å². The summed E-state index contributed by atoms with van der Waals surface area (Å²) in [5.41, 5.74) is 0. The second kappa shape index (κ2) is 7.31. The molecule has 0 aromatic carbocycles. The highest BCUT2D eigenvalue weighted by molar-refractivity contribution is 5.91. The van der Waals surface area contributed by atoms with Gasteiger partial charge in [0.2, 0.25) is 0 Å². The Hall–Kier alpha value is -1.52. The van der Waals surface area contributed by atoms with Gasteiger partial charge < -0.3 is 34.6 Å². The maximum Gasteiger partial charge on any atom is 0.331 e.